The second-order valence-electron chi connectivity index (χ2n) is 6.04. The topological polar surface area (TPSA) is 42.3 Å². The van der Waals surface area contributed by atoms with Crippen LogP contribution in [0.4, 0.5) is 0 Å². The molecule has 0 aromatic carbocycles. The van der Waals surface area contributed by atoms with Crippen LogP contribution in [0.5, 0.6) is 0 Å². The Bertz CT molecular complexity index is 324. The normalized spacial score (nSPS) is 39.4. The van der Waals surface area contributed by atoms with Crippen LogP contribution < -0.4 is 5.32 Å². The van der Waals surface area contributed by atoms with Gasteiger partial charge < -0.3 is 10.2 Å². The monoisotopic (exact) mass is 250 g/mol. The average Bonchev–Trinajstić information content (AvgIpc) is 2.71. The first-order valence-electron chi connectivity index (χ1n) is 7.15. The molecule has 0 aromatic rings. The quantitative estimate of drug-likeness (QED) is 0.795. The lowest BCUT2D eigenvalue weighted by Crippen LogP contribution is -2.46. The van der Waals surface area contributed by atoms with E-state index >= 15 is 0 Å². The lowest BCUT2D eigenvalue weighted by Gasteiger charge is -2.34. The molecule has 102 valence electrons. The van der Waals surface area contributed by atoms with Gasteiger partial charge in [-0.25, -0.2) is 0 Å². The molecule has 1 aliphatic carbocycles. The molecule has 0 radical (unpaired) electrons. The Morgan fingerprint density at radius 1 is 1.39 bits per heavy atom. The number of hydrogen-bond acceptors (Lipinski definition) is 4. The van der Waals surface area contributed by atoms with Crippen LogP contribution in [0.25, 0.3) is 0 Å². The Kier molecular flexibility index (Phi) is 4.26. The largest absolute Gasteiger partial charge is 0.305 e. The van der Waals surface area contributed by atoms with E-state index in [-0.39, 0.29) is 5.54 Å². The van der Waals surface area contributed by atoms with Gasteiger partial charge in [0.1, 0.15) is 5.54 Å². The molecule has 3 unspecified atom stereocenters. The van der Waals surface area contributed by atoms with E-state index < -0.39 is 0 Å². The summed E-state index contributed by atoms with van der Waals surface area (Å²) in [6, 6.07) is 3.67. The van der Waals surface area contributed by atoms with Crippen molar-refractivity contribution in [3.8, 4) is 6.07 Å². The smallest absolute Gasteiger partial charge is 0.108 e. The van der Waals surface area contributed by atoms with Crippen LogP contribution in [0.2, 0.25) is 0 Å². The Morgan fingerprint density at radius 3 is 2.78 bits per heavy atom. The van der Waals surface area contributed by atoms with E-state index in [1.54, 1.807) is 0 Å². The number of nitrogens with one attached hydrogen (secondary N) is 1. The molecular formula is C14H26N4. The van der Waals surface area contributed by atoms with Crippen LogP contribution in [-0.4, -0.2) is 61.2 Å². The van der Waals surface area contributed by atoms with E-state index in [0.717, 1.165) is 25.8 Å². The van der Waals surface area contributed by atoms with E-state index in [1.807, 2.05) is 7.05 Å². The minimum atomic E-state index is -0.275. The standard InChI is InChI=1S/C14H26N4/c1-12-10-17(3)7-4-8-18(12)13-5-6-14(9-13,11-15)16-2/h12-13,16H,4-10H2,1-3H3. The molecule has 0 spiro atoms. The highest BCUT2D eigenvalue weighted by atomic mass is 15.3. The van der Waals surface area contributed by atoms with Crippen molar-refractivity contribution < 1.29 is 0 Å². The molecule has 1 saturated carbocycles. The van der Waals surface area contributed by atoms with Crippen molar-refractivity contribution in [2.75, 3.05) is 33.7 Å². The molecule has 1 heterocycles. The van der Waals surface area contributed by atoms with Gasteiger partial charge in [0.15, 0.2) is 0 Å². The van der Waals surface area contributed by atoms with Gasteiger partial charge in [0.05, 0.1) is 6.07 Å². The molecule has 0 amide bonds. The van der Waals surface area contributed by atoms with Gasteiger partial charge in [-0.15, -0.1) is 0 Å². The molecule has 4 heteroatoms. The summed E-state index contributed by atoms with van der Waals surface area (Å²) in [5.74, 6) is 0. The molecule has 1 N–H and O–H groups in total. The number of nitriles is 1. The van der Waals surface area contributed by atoms with Gasteiger partial charge in [-0.1, -0.05) is 0 Å². The second-order valence-corrected chi connectivity index (χ2v) is 6.04. The Morgan fingerprint density at radius 2 is 2.17 bits per heavy atom. The summed E-state index contributed by atoms with van der Waals surface area (Å²) in [5.41, 5.74) is -0.275. The zero-order valence-corrected chi connectivity index (χ0v) is 11.9. The number of rotatable bonds is 2. The van der Waals surface area contributed by atoms with Crippen molar-refractivity contribution >= 4 is 0 Å². The Balaban J connectivity index is 2.02. The summed E-state index contributed by atoms with van der Waals surface area (Å²) < 4.78 is 0. The van der Waals surface area contributed by atoms with Crippen LogP contribution in [0.1, 0.15) is 32.6 Å². The lowest BCUT2D eigenvalue weighted by atomic mass is 9.99. The second kappa shape index (κ2) is 5.56. The molecule has 0 aromatic heterocycles. The Labute approximate surface area is 111 Å². The summed E-state index contributed by atoms with van der Waals surface area (Å²) in [4.78, 5) is 5.06. The van der Waals surface area contributed by atoms with Gasteiger partial charge in [0.25, 0.3) is 0 Å². The van der Waals surface area contributed by atoms with Crippen LogP contribution in [0.3, 0.4) is 0 Å². The van der Waals surface area contributed by atoms with Crippen LogP contribution in [0.15, 0.2) is 0 Å². The van der Waals surface area contributed by atoms with Crippen LogP contribution >= 0.6 is 0 Å². The van der Waals surface area contributed by atoms with Gasteiger partial charge in [0, 0.05) is 18.6 Å². The van der Waals surface area contributed by atoms with Gasteiger partial charge in [-0.05, 0) is 59.8 Å². The van der Waals surface area contributed by atoms with Crippen molar-refractivity contribution in [1.29, 1.82) is 5.26 Å². The zero-order valence-electron chi connectivity index (χ0n) is 11.9. The molecule has 0 bridgehead atoms. The van der Waals surface area contributed by atoms with Crippen molar-refractivity contribution in [3.05, 3.63) is 0 Å². The van der Waals surface area contributed by atoms with Gasteiger partial charge in [-0.2, -0.15) is 5.26 Å². The minimum Gasteiger partial charge on any atom is -0.305 e. The molecule has 2 rings (SSSR count). The summed E-state index contributed by atoms with van der Waals surface area (Å²) >= 11 is 0. The van der Waals surface area contributed by atoms with Crippen LogP contribution in [0, 0.1) is 11.3 Å². The molecule has 1 aliphatic heterocycles. The highest BCUT2D eigenvalue weighted by Gasteiger charge is 2.41. The van der Waals surface area contributed by atoms with E-state index in [1.165, 1.54) is 19.5 Å². The van der Waals surface area contributed by atoms with E-state index in [0.29, 0.717) is 12.1 Å². The maximum absolute atomic E-state index is 9.36. The van der Waals surface area contributed by atoms with Crippen molar-refractivity contribution in [2.45, 2.75) is 50.2 Å². The first kappa shape index (κ1) is 13.8. The molecule has 3 atom stereocenters. The summed E-state index contributed by atoms with van der Waals surface area (Å²) in [5, 5.41) is 12.6. The minimum absolute atomic E-state index is 0.275. The fraction of sp³-hybridized carbons (Fsp3) is 0.929. The molecule has 18 heavy (non-hydrogen) atoms. The third kappa shape index (κ3) is 2.69. The van der Waals surface area contributed by atoms with Gasteiger partial charge >= 0.3 is 0 Å². The van der Waals surface area contributed by atoms with Crippen molar-refractivity contribution in [2.24, 2.45) is 0 Å². The van der Waals surface area contributed by atoms with E-state index in [2.05, 4.69) is 35.2 Å². The third-order valence-electron chi connectivity index (χ3n) is 4.75. The SMILES string of the molecule is CNC1(C#N)CCC(N2CCCN(C)CC2C)C1. The van der Waals surface area contributed by atoms with Crippen molar-refractivity contribution in [1.82, 2.24) is 15.1 Å². The summed E-state index contributed by atoms with van der Waals surface area (Å²) in [7, 11) is 4.13. The van der Waals surface area contributed by atoms with E-state index in [9.17, 15) is 5.26 Å². The number of likely N-dealkylation sites (N-methyl/N-ethyl adjacent to an activating group) is 1. The molecule has 1 saturated heterocycles. The number of nitrogens with zero attached hydrogens (tertiary/aromatic N) is 3. The van der Waals surface area contributed by atoms with Gasteiger partial charge in [-0.3, -0.25) is 4.90 Å². The van der Waals surface area contributed by atoms with Gasteiger partial charge in [0.2, 0.25) is 0 Å². The zero-order chi connectivity index (χ0) is 13.2. The summed E-state index contributed by atoms with van der Waals surface area (Å²) in [6.07, 6.45) is 4.37. The molecule has 2 aliphatic rings. The highest BCUT2D eigenvalue weighted by Crippen LogP contribution is 2.33. The maximum Gasteiger partial charge on any atom is 0.108 e. The molecule has 2 fully saturated rings. The molecule has 4 nitrogen and oxygen atoms in total. The first-order valence-corrected chi connectivity index (χ1v) is 7.15. The first-order chi connectivity index (χ1) is 8.60. The lowest BCUT2D eigenvalue weighted by molar-refractivity contribution is 0.141. The highest BCUT2D eigenvalue weighted by molar-refractivity contribution is 5.13. The maximum atomic E-state index is 9.36. The summed E-state index contributed by atoms with van der Waals surface area (Å²) in [6.45, 7) is 5.85. The fourth-order valence-corrected chi connectivity index (χ4v) is 3.62. The third-order valence-corrected chi connectivity index (χ3v) is 4.75. The van der Waals surface area contributed by atoms with E-state index in [4.69, 9.17) is 0 Å². The van der Waals surface area contributed by atoms with Crippen molar-refractivity contribution in [3.63, 3.8) is 0 Å². The predicted octanol–water partition coefficient (Wildman–Crippen LogP) is 1.05. The predicted molar refractivity (Wildman–Crippen MR) is 73.3 cm³/mol. The fourth-order valence-electron chi connectivity index (χ4n) is 3.62. The van der Waals surface area contributed by atoms with Crippen LogP contribution in [-0.2, 0) is 0 Å². The average molecular weight is 250 g/mol. The number of hydrogen-bond donors (Lipinski definition) is 1. The Hall–Kier alpha value is -0.630. The molecular weight excluding hydrogens is 224 g/mol.